The third-order valence-electron chi connectivity index (χ3n) is 3.25. The lowest BCUT2D eigenvalue weighted by Crippen LogP contribution is -2.13. The van der Waals surface area contributed by atoms with Crippen LogP contribution in [0.4, 0.5) is 4.39 Å². The molecule has 0 unspecified atom stereocenters. The summed E-state index contributed by atoms with van der Waals surface area (Å²) >= 11 is 0. The van der Waals surface area contributed by atoms with E-state index in [-0.39, 0.29) is 12.3 Å². The van der Waals surface area contributed by atoms with Gasteiger partial charge in [-0.15, -0.1) is 0 Å². The highest BCUT2D eigenvalue weighted by Crippen LogP contribution is 2.41. The fraction of sp³-hybridized carbons (Fsp3) is 0.462. The summed E-state index contributed by atoms with van der Waals surface area (Å²) in [6.45, 7) is 0. The molecule has 2 nitrogen and oxygen atoms in total. The smallest absolute Gasteiger partial charge is 0.303 e. The van der Waals surface area contributed by atoms with Gasteiger partial charge in [-0.1, -0.05) is 24.3 Å². The summed E-state index contributed by atoms with van der Waals surface area (Å²) in [4.78, 5) is 10.5. The summed E-state index contributed by atoms with van der Waals surface area (Å²) in [5.41, 5.74) is 1.76. The molecule has 1 aromatic carbocycles. The van der Waals surface area contributed by atoms with Crippen molar-refractivity contribution in [1.29, 1.82) is 0 Å². The molecule has 0 aliphatic heterocycles. The first-order chi connectivity index (χ1) is 7.68. The van der Waals surface area contributed by atoms with Crippen LogP contribution in [0.1, 0.15) is 48.9 Å². The normalized spacial score (nSPS) is 23.8. The Hall–Kier alpha value is -1.38. The zero-order chi connectivity index (χ0) is 11.5. The molecule has 0 spiro atoms. The first kappa shape index (κ1) is 11.1. The van der Waals surface area contributed by atoms with E-state index >= 15 is 0 Å². The van der Waals surface area contributed by atoms with Crippen molar-refractivity contribution in [3.63, 3.8) is 0 Å². The molecule has 1 aromatic rings. The molecule has 0 fully saturated rings. The van der Waals surface area contributed by atoms with Crippen molar-refractivity contribution in [1.82, 2.24) is 0 Å². The highest BCUT2D eigenvalue weighted by atomic mass is 19.1. The molecule has 2 rings (SSSR count). The van der Waals surface area contributed by atoms with Crippen LogP contribution in [0, 0.1) is 0 Å². The van der Waals surface area contributed by atoms with Gasteiger partial charge in [0.1, 0.15) is 6.17 Å². The molecular weight excluding hydrogens is 207 g/mol. The number of hydrogen-bond acceptors (Lipinski definition) is 1. The maximum atomic E-state index is 13.6. The van der Waals surface area contributed by atoms with Crippen LogP contribution in [0.25, 0.3) is 0 Å². The Balaban J connectivity index is 2.18. The summed E-state index contributed by atoms with van der Waals surface area (Å²) in [6, 6.07) is 7.47. The molecule has 0 saturated heterocycles. The zero-order valence-electron chi connectivity index (χ0n) is 9.03. The van der Waals surface area contributed by atoms with Crippen LogP contribution < -0.4 is 0 Å². The molecule has 0 amide bonds. The second kappa shape index (κ2) is 4.64. The molecule has 1 N–H and O–H groups in total. The molecule has 3 heteroatoms. The van der Waals surface area contributed by atoms with Crippen LogP contribution in [0.5, 0.6) is 0 Å². The lowest BCUT2D eigenvalue weighted by molar-refractivity contribution is -0.137. The van der Waals surface area contributed by atoms with Gasteiger partial charge in [-0.25, -0.2) is 4.39 Å². The van der Waals surface area contributed by atoms with Crippen molar-refractivity contribution in [3.05, 3.63) is 35.4 Å². The summed E-state index contributed by atoms with van der Waals surface area (Å²) in [5, 5.41) is 8.67. The Morgan fingerprint density at radius 3 is 2.69 bits per heavy atom. The van der Waals surface area contributed by atoms with E-state index in [4.69, 9.17) is 5.11 Å². The maximum Gasteiger partial charge on any atom is 0.303 e. The lowest BCUT2D eigenvalue weighted by atomic mass is 9.79. The molecule has 0 bridgehead atoms. The highest BCUT2D eigenvalue weighted by Gasteiger charge is 2.26. The van der Waals surface area contributed by atoms with Gasteiger partial charge in [0.05, 0.1) is 0 Å². The Morgan fingerprint density at radius 2 is 2.00 bits per heavy atom. The second-order valence-electron chi connectivity index (χ2n) is 4.30. The fourth-order valence-electron chi connectivity index (χ4n) is 2.42. The number of rotatable bonds is 3. The minimum atomic E-state index is -0.878. The summed E-state index contributed by atoms with van der Waals surface area (Å²) in [7, 11) is 0. The summed E-state index contributed by atoms with van der Waals surface area (Å²) in [5.74, 6) is -0.570. The average molecular weight is 222 g/mol. The van der Waals surface area contributed by atoms with Crippen molar-refractivity contribution in [3.8, 4) is 0 Å². The van der Waals surface area contributed by atoms with E-state index in [1.807, 2.05) is 24.3 Å². The Morgan fingerprint density at radius 1 is 1.31 bits per heavy atom. The standard InChI is InChI=1S/C13H15FO2/c14-12-7-5-9(6-8-13(15)16)10-3-1-2-4-11(10)12/h1-4,9,12H,5-8H2,(H,15,16)/t9-,12+/m0/s1. The molecule has 0 aromatic heterocycles. The quantitative estimate of drug-likeness (QED) is 0.850. The van der Waals surface area contributed by atoms with Crippen LogP contribution in [0.3, 0.4) is 0 Å². The van der Waals surface area contributed by atoms with Gasteiger partial charge in [0.15, 0.2) is 0 Å². The summed E-state index contributed by atoms with van der Waals surface area (Å²) < 4.78 is 13.6. The average Bonchev–Trinajstić information content (AvgIpc) is 2.28. The first-order valence-electron chi connectivity index (χ1n) is 5.63. The monoisotopic (exact) mass is 222 g/mol. The minimum Gasteiger partial charge on any atom is -0.481 e. The van der Waals surface area contributed by atoms with Crippen molar-refractivity contribution in [2.24, 2.45) is 0 Å². The van der Waals surface area contributed by atoms with E-state index in [1.165, 1.54) is 0 Å². The van der Waals surface area contributed by atoms with E-state index in [2.05, 4.69) is 0 Å². The van der Waals surface area contributed by atoms with Gasteiger partial charge in [0.2, 0.25) is 0 Å². The van der Waals surface area contributed by atoms with Gasteiger partial charge in [-0.2, -0.15) is 0 Å². The number of aliphatic carboxylic acids is 1. The van der Waals surface area contributed by atoms with Crippen molar-refractivity contribution in [2.45, 2.75) is 37.8 Å². The molecule has 0 heterocycles. The minimum absolute atomic E-state index is 0.163. The third kappa shape index (κ3) is 2.23. The Kier molecular flexibility index (Phi) is 3.22. The lowest BCUT2D eigenvalue weighted by Gasteiger charge is -2.27. The Labute approximate surface area is 94.1 Å². The van der Waals surface area contributed by atoms with Gasteiger partial charge >= 0.3 is 5.97 Å². The zero-order valence-corrected chi connectivity index (χ0v) is 9.03. The van der Waals surface area contributed by atoms with Gasteiger partial charge in [-0.3, -0.25) is 4.79 Å². The predicted molar refractivity (Wildman–Crippen MR) is 59.1 cm³/mol. The number of carbonyl (C=O) groups is 1. The molecule has 86 valence electrons. The van der Waals surface area contributed by atoms with Gasteiger partial charge in [0, 0.05) is 6.42 Å². The fourth-order valence-corrected chi connectivity index (χ4v) is 2.42. The molecule has 0 radical (unpaired) electrons. The molecule has 2 atom stereocenters. The largest absolute Gasteiger partial charge is 0.481 e. The van der Waals surface area contributed by atoms with E-state index in [0.29, 0.717) is 12.8 Å². The summed E-state index contributed by atoms with van der Waals surface area (Å²) in [6.07, 6.45) is 1.17. The van der Waals surface area contributed by atoms with E-state index in [1.54, 1.807) is 0 Å². The van der Waals surface area contributed by atoms with Crippen LogP contribution in [0.2, 0.25) is 0 Å². The van der Waals surface area contributed by atoms with E-state index in [0.717, 1.165) is 17.5 Å². The SMILES string of the molecule is O=C(O)CC[C@@H]1CC[C@@H](F)c2ccccc21. The van der Waals surface area contributed by atoms with E-state index in [9.17, 15) is 9.18 Å². The van der Waals surface area contributed by atoms with Gasteiger partial charge in [-0.05, 0) is 36.3 Å². The van der Waals surface area contributed by atoms with Crippen molar-refractivity contribution in [2.75, 3.05) is 0 Å². The first-order valence-corrected chi connectivity index (χ1v) is 5.63. The molecular formula is C13H15FO2. The second-order valence-corrected chi connectivity index (χ2v) is 4.30. The molecule has 0 saturated carbocycles. The van der Waals surface area contributed by atoms with Crippen molar-refractivity contribution < 1.29 is 14.3 Å². The number of fused-ring (bicyclic) bond motifs is 1. The van der Waals surface area contributed by atoms with E-state index < -0.39 is 12.1 Å². The number of alkyl halides is 1. The number of benzene rings is 1. The predicted octanol–water partition coefficient (Wildman–Crippen LogP) is 3.44. The number of carboxylic acid groups (broad SMARTS) is 1. The van der Waals surface area contributed by atoms with Crippen LogP contribution in [-0.2, 0) is 4.79 Å². The maximum absolute atomic E-state index is 13.6. The van der Waals surface area contributed by atoms with Crippen LogP contribution >= 0.6 is 0 Å². The number of halogens is 1. The van der Waals surface area contributed by atoms with Gasteiger partial charge in [0.25, 0.3) is 0 Å². The molecule has 16 heavy (non-hydrogen) atoms. The number of hydrogen-bond donors (Lipinski definition) is 1. The number of carboxylic acids is 1. The van der Waals surface area contributed by atoms with Crippen molar-refractivity contribution >= 4 is 5.97 Å². The third-order valence-corrected chi connectivity index (χ3v) is 3.25. The van der Waals surface area contributed by atoms with Gasteiger partial charge < -0.3 is 5.11 Å². The molecule has 1 aliphatic carbocycles. The van der Waals surface area contributed by atoms with Crippen LogP contribution in [-0.4, -0.2) is 11.1 Å². The molecule has 1 aliphatic rings. The highest BCUT2D eigenvalue weighted by molar-refractivity contribution is 5.66. The Bertz CT molecular complexity index is 389. The van der Waals surface area contributed by atoms with Crippen LogP contribution in [0.15, 0.2) is 24.3 Å². The topological polar surface area (TPSA) is 37.3 Å².